The number of amides is 1. The molecule has 0 bridgehead atoms. The third kappa shape index (κ3) is 5.79. The van der Waals surface area contributed by atoms with Crippen molar-refractivity contribution in [2.75, 3.05) is 32.7 Å². The topological polar surface area (TPSA) is 61.6 Å². The van der Waals surface area contributed by atoms with Crippen LogP contribution in [0.2, 0.25) is 5.02 Å². The summed E-state index contributed by atoms with van der Waals surface area (Å²) in [5, 5.41) is 3.70. The van der Waals surface area contributed by atoms with Gasteiger partial charge in [-0.25, -0.2) is 4.98 Å². The highest BCUT2D eigenvalue weighted by molar-refractivity contribution is 6.30. The Hall–Kier alpha value is -1.89. The minimum absolute atomic E-state index is 0.108. The van der Waals surface area contributed by atoms with Gasteiger partial charge in [0.15, 0.2) is 5.76 Å². The number of carbonyl (C=O) groups is 1. The van der Waals surface area contributed by atoms with E-state index in [4.69, 9.17) is 16.0 Å². The van der Waals surface area contributed by atoms with Gasteiger partial charge in [-0.2, -0.15) is 0 Å². The predicted octanol–water partition coefficient (Wildman–Crippen LogP) is 3.03. The number of benzene rings is 1. The minimum Gasteiger partial charge on any atom is -0.439 e. The number of piperazine rings is 1. The molecule has 0 spiro atoms. The van der Waals surface area contributed by atoms with Gasteiger partial charge in [0.25, 0.3) is 0 Å². The molecule has 1 fully saturated rings. The smallest absolute Gasteiger partial charge is 0.234 e. The van der Waals surface area contributed by atoms with E-state index in [0.717, 1.165) is 43.9 Å². The lowest BCUT2D eigenvalue weighted by Crippen LogP contribution is -2.49. The molecule has 7 heteroatoms. The summed E-state index contributed by atoms with van der Waals surface area (Å²) in [6.45, 7) is 8.78. The summed E-state index contributed by atoms with van der Waals surface area (Å²) >= 11 is 6.04. The molecule has 1 saturated heterocycles. The van der Waals surface area contributed by atoms with Crippen molar-refractivity contribution in [1.82, 2.24) is 20.1 Å². The second-order valence-corrected chi connectivity index (χ2v) is 7.49. The number of rotatable bonds is 7. The Kier molecular flexibility index (Phi) is 6.88. The molecular formula is C20H27ClN4O2. The summed E-state index contributed by atoms with van der Waals surface area (Å²) < 4.78 is 5.89. The highest BCUT2D eigenvalue weighted by atomic mass is 35.5. The zero-order chi connectivity index (χ0) is 19.2. The van der Waals surface area contributed by atoms with E-state index < -0.39 is 0 Å². The molecule has 0 radical (unpaired) electrons. The molecule has 27 heavy (non-hydrogen) atoms. The molecule has 1 N–H and O–H groups in total. The van der Waals surface area contributed by atoms with Crippen LogP contribution in [0.3, 0.4) is 0 Å². The molecule has 1 amide bonds. The third-order valence-corrected chi connectivity index (χ3v) is 5.11. The van der Waals surface area contributed by atoms with E-state index in [0.29, 0.717) is 24.0 Å². The van der Waals surface area contributed by atoms with Gasteiger partial charge in [-0.15, -0.1) is 0 Å². The molecule has 1 atom stereocenters. The van der Waals surface area contributed by atoms with Crippen LogP contribution in [0.4, 0.5) is 0 Å². The monoisotopic (exact) mass is 390 g/mol. The Balaban J connectivity index is 1.46. The molecule has 0 aliphatic carbocycles. The first kappa shape index (κ1) is 19.9. The first-order chi connectivity index (χ1) is 13.0. The Morgan fingerprint density at radius 3 is 2.74 bits per heavy atom. The Labute approximate surface area is 165 Å². The van der Waals surface area contributed by atoms with Crippen molar-refractivity contribution in [2.45, 2.75) is 32.9 Å². The van der Waals surface area contributed by atoms with Crippen LogP contribution in [-0.4, -0.2) is 59.5 Å². The molecule has 2 aromatic rings. The molecule has 1 aliphatic heterocycles. The summed E-state index contributed by atoms with van der Waals surface area (Å²) in [5.74, 6) is 1.54. The summed E-state index contributed by atoms with van der Waals surface area (Å²) in [6.07, 6.45) is 2.70. The first-order valence-electron chi connectivity index (χ1n) is 9.48. The van der Waals surface area contributed by atoms with E-state index in [1.54, 1.807) is 6.20 Å². The maximum atomic E-state index is 12.0. The number of halogens is 1. The SMILES string of the molecule is CCC(C)NC(=O)CN1CCN(Cc2ncc(-c3cccc(Cl)c3)o2)CC1. The zero-order valence-electron chi connectivity index (χ0n) is 15.9. The number of hydrogen-bond donors (Lipinski definition) is 1. The van der Waals surface area contributed by atoms with Crippen LogP contribution in [0.1, 0.15) is 26.2 Å². The maximum Gasteiger partial charge on any atom is 0.234 e. The Morgan fingerprint density at radius 2 is 2.04 bits per heavy atom. The van der Waals surface area contributed by atoms with Gasteiger partial charge < -0.3 is 9.73 Å². The van der Waals surface area contributed by atoms with Crippen LogP contribution in [0.15, 0.2) is 34.9 Å². The number of hydrogen-bond acceptors (Lipinski definition) is 5. The average molecular weight is 391 g/mol. The summed E-state index contributed by atoms with van der Waals surface area (Å²) in [4.78, 5) is 20.9. The molecule has 1 unspecified atom stereocenters. The third-order valence-electron chi connectivity index (χ3n) is 4.87. The van der Waals surface area contributed by atoms with Gasteiger partial charge in [0.1, 0.15) is 0 Å². The lowest BCUT2D eigenvalue weighted by molar-refractivity contribution is -0.123. The van der Waals surface area contributed by atoms with E-state index >= 15 is 0 Å². The molecule has 1 aromatic heterocycles. The summed E-state index contributed by atoms with van der Waals surface area (Å²) in [7, 11) is 0. The van der Waals surface area contributed by atoms with E-state index in [2.05, 4.69) is 27.0 Å². The lowest BCUT2D eigenvalue weighted by Gasteiger charge is -2.33. The van der Waals surface area contributed by atoms with E-state index in [-0.39, 0.29) is 11.9 Å². The fraction of sp³-hybridized carbons (Fsp3) is 0.500. The largest absolute Gasteiger partial charge is 0.439 e. The standard InChI is InChI=1S/C20H27ClN4O2/c1-3-15(2)23-19(26)13-24-7-9-25(10-8-24)14-20-22-12-18(27-20)16-5-4-6-17(21)11-16/h4-6,11-12,15H,3,7-10,13-14H2,1-2H3,(H,23,26). The van der Waals surface area contributed by atoms with Crippen molar-refractivity contribution >= 4 is 17.5 Å². The Morgan fingerprint density at radius 1 is 1.30 bits per heavy atom. The van der Waals surface area contributed by atoms with Crippen LogP contribution in [0.5, 0.6) is 0 Å². The van der Waals surface area contributed by atoms with Crippen LogP contribution >= 0.6 is 11.6 Å². The number of oxazole rings is 1. The first-order valence-corrected chi connectivity index (χ1v) is 9.86. The quantitative estimate of drug-likeness (QED) is 0.787. The number of nitrogens with zero attached hydrogens (tertiary/aromatic N) is 3. The highest BCUT2D eigenvalue weighted by Gasteiger charge is 2.21. The minimum atomic E-state index is 0.108. The zero-order valence-corrected chi connectivity index (χ0v) is 16.7. The molecule has 0 saturated carbocycles. The van der Waals surface area contributed by atoms with Crippen molar-refractivity contribution in [1.29, 1.82) is 0 Å². The number of carbonyl (C=O) groups excluding carboxylic acids is 1. The normalized spacial score (nSPS) is 17.0. The second-order valence-electron chi connectivity index (χ2n) is 7.06. The van der Waals surface area contributed by atoms with Gasteiger partial charge in [0.05, 0.1) is 19.3 Å². The van der Waals surface area contributed by atoms with Crippen molar-refractivity contribution in [2.24, 2.45) is 0 Å². The van der Waals surface area contributed by atoms with E-state index in [1.807, 2.05) is 31.2 Å². The fourth-order valence-corrected chi connectivity index (χ4v) is 3.27. The van der Waals surface area contributed by atoms with E-state index in [9.17, 15) is 4.79 Å². The van der Waals surface area contributed by atoms with E-state index in [1.165, 1.54) is 0 Å². The second kappa shape index (κ2) is 9.35. The van der Waals surface area contributed by atoms with Gasteiger partial charge >= 0.3 is 0 Å². The van der Waals surface area contributed by atoms with Crippen molar-refractivity contribution < 1.29 is 9.21 Å². The van der Waals surface area contributed by atoms with Crippen molar-refractivity contribution in [3.63, 3.8) is 0 Å². The molecule has 2 heterocycles. The van der Waals surface area contributed by atoms with Crippen LogP contribution in [0.25, 0.3) is 11.3 Å². The number of nitrogens with one attached hydrogen (secondary N) is 1. The maximum absolute atomic E-state index is 12.0. The summed E-state index contributed by atoms with van der Waals surface area (Å²) in [6, 6.07) is 7.80. The van der Waals surface area contributed by atoms with Gasteiger partial charge in [-0.05, 0) is 25.5 Å². The van der Waals surface area contributed by atoms with Gasteiger partial charge in [0, 0.05) is 42.8 Å². The van der Waals surface area contributed by atoms with Crippen LogP contribution in [-0.2, 0) is 11.3 Å². The van der Waals surface area contributed by atoms with Gasteiger partial charge in [0.2, 0.25) is 11.8 Å². The molecule has 1 aliphatic rings. The van der Waals surface area contributed by atoms with Gasteiger partial charge in [-0.3, -0.25) is 14.6 Å². The van der Waals surface area contributed by atoms with Crippen molar-refractivity contribution in [3.05, 3.63) is 41.4 Å². The predicted molar refractivity (Wildman–Crippen MR) is 107 cm³/mol. The molecule has 1 aromatic carbocycles. The molecule has 3 rings (SSSR count). The van der Waals surface area contributed by atoms with Gasteiger partial charge in [-0.1, -0.05) is 30.7 Å². The van der Waals surface area contributed by atoms with Crippen LogP contribution < -0.4 is 5.32 Å². The highest BCUT2D eigenvalue weighted by Crippen LogP contribution is 2.24. The molecular weight excluding hydrogens is 364 g/mol. The Bertz CT molecular complexity index is 756. The number of aromatic nitrogens is 1. The average Bonchev–Trinajstić information content (AvgIpc) is 3.12. The van der Waals surface area contributed by atoms with Crippen molar-refractivity contribution in [3.8, 4) is 11.3 Å². The summed E-state index contributed by atoms with van der Waals surface area (Å²) in [5.41, 5.74) is 0.929. The van der Waals surface area contributed by atoms with Crippen LogP contribution in [0, 0.1) is 0 Å². The lowest BCUT2D eigenvalue weighted by atomic mass is 10.2. The molecule has 6 nitrogen and oxygen atoms in total. The molecule has 146 valence electrons. The fourth-order valence-electron chi connectivity index (χ4n) is 3.08.